The van der Waals surface area contributed by atoms with Gasteiger partial charge in [0.05, 0.1) is 12.6 Å². The van der Waals surface area contributed by atoms with Crippen LogP contribution in [-0.4, -0.2) is 44.9 Å². The van der Waals surface area contributed by atoms with E-state index in [0.29, 0.717) is 35.0 Å². The Morgan fingerprint density at radius 2 is 1.61 bits per heavy atom. The molecule has 2 aromatic heterocycles. The number of β-amino-alcohol motifs (C(OH)–C–C–N with tert-alkyl or cyclic N) is 1. The number of rotatable bonds is 4. The topological polar surface area (TPSA) is 50.4 Å². The molecule has 4 heterocycles. The van der Waals surface area contributed by atoms with E-state index in [9.17, 15) is 9.90 Å². The van der Waals surface area contributed by atoms with Crippen LogP contribution in [0.25, 0.3) is 21.8 Å². The number of hydrogen-bond acceptors (Lipinski definition) is 3. The Kier molecular flexibility index (Phi) is 5.26. The highest BCUT2D eigenvalue weighted by molar-refractivity contribution is 6.33. The van der Waals surface area contributed by atoms with Crippen LogP contribution < -0.4 is 5.56 Å². The van der Waals surface area contributed by atoms with Crippen LogP contribution in [0.2, 0.25) is 10.0 Å². The normalized spacial score (nSPS) is 21.4. The van der Waals surface area contributed by atoms with Gasteiger partial charge in [0.15, 0.2) is 0 Å². The fraction of sp³-hybridized carbons (Fsp3) is 0.346. The van der Waals surface area contributed by atoms with Gasteiger partial charge in [-0.2, -0.15) is 0 Å². The minimum Gasteiger partial charge on any atom is -0.390 e. The molecule has 1 saturated heterocycles. The van der Waals surface area contributed by atoms with E-state index in [1.54, 1.807) is 6.07 Å². The molecule has 1 N–H and O–H groups in total. The van der Waals surface area contributed by atoms with Crippen LogP contribution in [0.15, 0.2) is 59.4 Å². The summed E-state index contributed by atoms with van der Waals surface area (Å²) < 4.78 is 4.11. The summed E-state index contributed by atoms with van der Waals surface area (Å²) in [5.41, 5.74) is 3.32. The van der Waals surface area contributed by atoms with Gasteiger partial charge >= 0.3 is 0 Å². The van der Waals surface area contributed by atoms with Gasteiger partial charge in [0.2, 0.25) is 0 Å². The summed E-state index contributed by atoms with van der Waals surface area (Å²) >= 11 is 12.6. The van der Waals surface area contributed by atoms with Crippen molar-refractivity contribution in [2.75, 3.05) is 19.6 Å². The number of nitrogens with zero attached hydrogens (tertiary/aromatic N) is 3. The molecule has 0 unspecified atom stereocenters. The molecule has 5 nitrogen and oxygen atoms in total. The maximum atomic E-state index is 12.3. The molecule has 0 aliphatic carbocycles. The molecule has 2 aromatic carbocycles. The number of likely N-dealkylation sites (tertiary alicyclic amines) is 1. The highest BCUT2D eigenvalue weighted by Gasteiger charge is 2.35. The largest absolute Gasteiger partial charge is 0.390 e. The number of pyridine rings is 1. The third kappa shape index (κ3) is 3.77. The van der Waals surface area contributed by atoms with E-state index in [-0.39, 0.29) is 5.56 Å². The number of aliphatic hydroxyl groups excluding tert-OH is 1. The van der Waals surface area contributed by atoms with Crippen LogP contribution in [-0.2, 0) is 13.1 Å². The minimum absolute atomic E-state index is 0.0993. The first-order chi connectivity index (χ1) is 16.0. The third-order valence-electron chi connectivity index (χ3n) is 7.21. The summed E-state index contributed by atoms with van der Waals surface area (Å²) in [4.78, 5) is 14.6. The van der Waals surface area contributed by atoms with Crippen molar-refractivity contribution < 1.29 is 5.11 Å². The smallest absolute Gasteiger partial charge is 0.250 e. The third-order valence-corrected chi connectivity index (χ3v) is 7.68. The first-order valence-electron chi connectivity index (χ1n) is 11.4. The molecule has 0 radical (unpaired) electrons. The molecule has 0 amide bonds. The second kappa shape index (κ2) is 8.17. The predicted octanol–water partition coefficient (Wildman–Crippen LogP) is 4.74. The molecule has 2 aliphatic heterocycles. The maximum absolute atomic E-state index is 12.3. The lowest BCUT2D eigenvalue weighted by atomic mass is 9.83. The Balaban J connectivity index is 1.26. The van der Waals surface area contributed by atoms with Crippen LogP contribution in [0, 0.1) is 5.92 Å². The van der Waals surface area contributed by atoms with E-state index in [1.165, 1.54) is 0 Å². The SMILES string of the molecule is O=c1cccc2n1C[C@H]1C[C@@H]2CN(C[C@@H](O)Cn2c3ccc(Cl)cc3c3cc(Cl)ccc32)C1. The number of halogens is 2. The van der Waals surface area contributed by atoms with Gasteiger partial charge in [-0.15, -0.1) is 0 Å². The zero-order valence-electron chi connectivity index (χ0n) is 18.1. The zero-order valence-corrected chi connectivity index (χ0v) is 19.6. The first-order valence-corrected chi connectivity index (χ1v) is 12.2. The number of benzene rings is 2. The average molecular weight is 482 g/mol. The number of aliphatic hydroxyl groups is 1. The molecule has 3 atom stereocenters. The highest BCUT2D eigenvalue weighted by atomic mass is 35.5. The molecule has 0 spiro atoms. The van der Waals surface area contributed by atoms with Crippen molar-refractivity contribution in [2.24, 2.45) is 5.92 Å². The van der Waals surface area contributed by atoms with Gasteiger partial charge in [0, 0.05) is 75.7 Å². The van der Waals surface area contributed by atoms with Crippen molar-refractivity contribution in [1.82, 2.24) is 14.0 Å². The van der Waals surface area contributed by atoms with Crippen molar-refractivity contribution >= 4 is 45.0 Å². The Hall–Kier alpha value is -2.31. The lowest BCUT2D eigenvalue weighted by Gasteiger charge is -2.43. The van der Waals surface area contributed by atoms with Crippen molar-refractivity contribution in [1.29, 1.82) is 0 Å². The molecular weight excluding hydrogens is 457 g/mol. The zero-order chi connectivity index (χ0) is 22.7. The lowest BCUT2D eigenvalue weighted by Crippen LogP contribution is -2.49. The van der Waals surface area contributed by atoms with Gasteiger partial charge in [-0.1, -0.05) is 29.3 Å². The van der Waals surface area contributed by atoms with Crippen LogP contribution in [0.1, 0.15) is 18.0 Å². The van der Waals surface area contributed by atoms with E-state index in [1.807, 2.05) is 47.0 Å². The summed E-state index contributed by atoms with van der Waals surface area (Å²) in [6.07, 6.45) is 0.594. The van der Waals surface area contributed by atoms with E-state index in [2.05, 4.69) is 15.5 Å². The second-order valence-corrected chi connectivity index (χ2v) is 10.4. The van der Waals surface area contributed by atoms with Crippen LogP contribution in [0.3, 0.4) is 0 Å². The van der Waals surface area contributed by atoms with Gasteiger partial charge in [-0.3, -0.25) is 9.69 Å². The van der Waals surface area contributed by atoms with Gasteiger partial charge in [-0.05, 0) is 54.8 Å². The number of piperidine rings is 1. The Bertz CT molecular complexity index is 1370. The van der Waals surface area contributed by atoms with Gasteiger partial charge in [-0.25, -0.2) is 0 Å². The molecule has 2 aliphatic rings. The van der Waals surface area contributed by atoms with Crippen LogP contribution in [0.4, 0.5) is 0 Å². The number of aromatic nitrogens is 2. The van der Waals surface area contributed by atoms with Gasteiger partial charge in [0.25, 0.3) is 5.56 Å². The van der Waals surface area contributed by atoms with Crippen LogP contribution >= 0.6 is 23.2 Å². The molecule has 0 saturated carbocycles. The summed E-state index contributed by atoms with van der Waals surface area (Å²) in [6.45, 7) is 3.65. The summed E-state index contributed by atoms with van der Waals surface area (Å²) in [7, 11) is 0. The quantitative estimate of drug-likeness (QED) is 0.457. The summed E-state index contributed by atoms with van der Waals surface area (Å²) in [6, 6.07) is 17.3. The van der Waals surface area contributed by atoms with Crippen molar-refractivity contribution in [3.63, 3.8) is 0 Å². The molecule has 7 heteroatoms. The van der Waals surface area contributed by atoms with E-state index >= 15 is 0 Å². The highest BCUT2D eigenvalue weighted by Crippen LogP contribution is 2.36. The second-order valence-electron chi connectivity index (χ2n) is 9.50. The van der Waals surface area contributed by atoms with Crippen LogP contribution in [0.5, 0.6) is 0 Å². The monoisotopic (exact) mass is 481 g/mol. The summed E-state index contributed by atoms with van der Waals surface area (Å²) in [5, 5.41) is 14.6. The minimum atomic E-state index is -0.521. The first kappa shape index (κ1) is 21.2. The fourth-order valence-corrected chi connectivity index (χ4v) is 6.30. The van der Waals surface area contributed by atoms with E-state index in [0.717, 1.165) is 53.6 Å². The molecule has 33 heavy (non-hydrogen) atoms. The van der Waals surface area contributed by atoms with Crippen molar-refractivity contribution in [3.05, 3.63) is 80.7 Å². The fourth-order valence-electron chi connectivity index (χ4n) is 5.96. The molecular formula is C26H25Cl2N3O2. The Morgan fingerprint density at radius 1 is 0.909 bits per heavy atom. The van der Waals surface area contributed by atoms with Crippen molar-refractivity contribution in [2.45, 2.75) is 31.5 Å². The lowest BCUT2D eigenvalue weighted by molar-refractivity contribution is 0.0558. The Morgan fingerprint density at radius 3 is 2.30 bits per heavy atom. The molecule has 2 bridgehead atoms. The Labute approximate surface area is 201 Å². The van der Waals surface area contributed by atoms with Gasteiger partial charge < -0.3 is 14.2 Å². The molecule has 1 fully saturated rings. The van der Waals surface area contributed by atoms with Crippen molar-refractivity contribution in [3.8, 4) is 0 Å². The molecule has 4 aromatic rings. The standard InChI is InChI=1S/C26H25Cl2N3O2/c27-18-4-6-24-21(9-18)22-10-19(28)5-7-25(22)30(24)15-20(32)14-29-11-16-8-17(13-29)23-2-1-3-26(33)31(23)12-16/h1-7,9-10,16-17,20,32H,8,11-15H2/t16-,17+,20+/m0/s1. The average Bonchev–Trinajstić information content (AvgIpc) is 3.06. The molecule has 6 rings (SSSR count). The predicted molar refractivity (Wildman–Crippen MR) is 133 cm³/mol. The number of fused-ring (bicyclic) bond motifs is 7. The van der Waals surface area contributed by atoms with E-state index < -0.39 is 6.10 Å². The number of hydrogen-bond donors (Lipinski definition) is 1. The maximum Gasteiger partial charge on any atom is 0.250 e. The summed E-state index contributed by atoms with van der Waals surface area (Å²) in [5.74, 6) is 0.789. The van der Waals surface area contributed by atoms with Gasteiger partial charge in [0.1, 0.15) is 0 Å². The van der Waals surface area contributed by atoms with E-state index in [4.69, 9.17) is 23.2 Å². The molecule has 170 valence electrons.